The standard InChI is InChI=1S/C15H16N2O2S/c1-2-9-20-10-8-16-14-7-6-11-12(15(18)19)4-3-5-13(11)17-14/h2-7H,1,8-10H2,(H,16,17)(H,18,19). The highest BCUT2D eigenvalue weighted by Gasteiger charge is 2.08. The Labute approximate surface area is 121 Å². The Bertz CT molecular complexity index is 628. The van der Waals surface area contributed by atoms with Crippen molar-refractivity contribution < 1.29 is 9.90 Å². The maximum Gasteiger partial charge on any atom is 0.336 e. The van der Waals surface area contributed by atoms with Gasteiger partial charge in [-0.25, -0.2) is 9.78 Å². The third-order valence-electron chi connectivity index (χ3n) is 2.75. The van der Waals surface area contributed by atoms with E-state index in [9.17, 15) is 4.79 Å². The van der Waals surface area contributed by atoms with E-state index in [1.807, 2.05) is 18.2 Å². The van der Waals surface area contributed by atoms with Crippen LogP contribution >= 0.6 is 11.8 Å². The highest BCUT2D eigenvalue weighted by atomic mass is 32.2. The summed E-state index contributed by atoms with van der Waals surface area (Å²) in [7, 11) is 0. The van der Waals surface area contributed by atoms with Crippen molar-refractivity contribution in [2.45, 2.75) is 0 Å². The number of benzene rings is 1. The van der Waals surface area contributed by atoms with Gasteiger partial charge >= 0.3 is 5.97 Å². The molecular weight excluding hydrogens is 272 g/mol. The molecule has 0 unspecified atom stereocenters. The molecule has 1 heterocycles. The van der Waals surface area contributed by atoms with E-state index in [0.29, 0.717) is 10.9 Å². The van der Waals surface area contributed by atoms with Crippen molar-refractivity contribution in [3.8, 4) is 0 Å². The molecule has 1 aromatic carbocycles. The second kappa shape index (κ2) is 6.96. The Hall–Kier alpha value is -2.01. The lowest BCUT2D eigenvalue weighted by atomic mass is 10.1. The Kier molecular flexibility index (Phi) is 5.01. The quantitative estimate of drug-likeness (QED) is 0.605. The summed E-state index contributed by atoms with van der Waals surface area (Å²) in [5.41, 5.74) is 0.969. The minimum absolute atomic E-state index is 0.281. The highest BCUT2D eigenvalue weighted by Crippen LogP contribution is 2.19. The van der Waals surface area contributed by atoms with Crippen molar-refractivity contribution in [2.24, 2.45) is 0 Å². The van der Waals surface area contributed by atoms with E-state index in [2.05, 4.69) is 16.9 Å². The molecule has 0 spiro atoms. The van der Waals surface area contributed by atoms with Crippen LogP contribution in [0.15, 0.2) is 43.0 Å². The molecule has 1 aromatic heterocycles. The van der Waals surface area contributed by atoms with Crippen molar-refractivity contribution in [3.63, 3.8) is 0 Å². The molecule has 0 aliphatic heterocycles. The summed E-state index contributed by atoms with van der Waals surface area (Å²) in [5, 5.41) is 13.0. The molecule has 2 rings (SSSR count). The smallest absolute Gasteiger partial charge is 0.336 e. The number of carbonyl (C=O) groups is 1. The Balaban J connectivity index is 2.10. The SMILES string of the molecule is C=CCSCCNc1ccc2c(C(=O)O)cccc2n1. The average Bonchev–Trinajstić information content (AvgIpc) is 2.46. The highest BCUT2D eigenvalue weighted by molar-refractivity contribution is 7.99. The van der Waals surface area contributed by atoms with Crippen LogP contribution in [0.2, 0.25) is 0 Å². The summed E-state index contributed by atoms with van der Waals surface area (Å²) in [6.45, 7) is 4.49. The molecule has 2 aromatic rings. The number of carboxylic acids is 1. The summed E-state index contributed by atoms with van der Waals surface area (Å²) in [4.78, 5) is 15.6. The second-order valence-corrected chi connectivity index (χ2v) is 5.31. The molecular formula is C15H16N2O2S. The Morgan fingerprint density at radius 2 is 2.25 bits per heavy atom. The molecule has 104 valence electrons. The van der Waals surface area contributed by atoms with Crippen LogP contribution in [0.3, 0.4) is 0 Å². The van der Waals surface area contributed by atoms with Gasteiger partial charge < -0.3 is 10.4 Å². The lowest BCUT2D eigenvalue weighted by molar-refractivity contribution is 0.0699. The zero-order valence-electron chi connectivity index (χ0n) is 11.0. The first-order chi connectivity index (χ1) is 9.72. The van der Waals surface area contributed by atoms with E-state index in [1.54, 1.807) is 30.0 Å². The summed E-state index contributed by atoms with van der Waals surface area (Å²) in [5.74, 6) is 1.74. The van der Waals surface area contributed by atoms with E-state index in [1.165, 1.54) is 0 Å². The van der Waals surface area contributed by atoms with Crippen molar-refractivity contribution >= 4 is 34.5 Å². The van der Waals surface area contributed by atoms with Gasteiger partial charge in [0.1, 0.15) is 5.82 Å². The van der Waals surface area contributed by atoms with E-state index in [4.69, 9.17) is 5.11 Å². The van der Waals surface area contributed by atoms with Crippen LogP contribution in [0.4, 0.5) is 5.82 Å². The third kappa shape index (κ3) is 3.51. The molecule has 0 saturated heterocycles. The number of aromatic nitrogens is 1. The molecule has 0 aliphatic carbocycles. The number of anilines is 1. The van der Waals surface area contributed by atoms with Crippen molar-refractivity contribution in [3.05, 3.63) is 48.6 Å². The molecule has 2 N–H and O–H groups in total. The lowest BCUT2D eigenvalue weighted by Gasteiger charge is -2.07. The fourth-order valence-electron chi connectivity index (χ4n) is 1.86. The predicted molar refractivity (Wildman–Crippen MR) is 84.7 cm³/mol. The van der Waals surface area contributed by atoms with Gasteiger partial charge in [-0.15, -0.1) is 6.58 Å². The number of thioether (sulfide) groups is 1. The minimum Gasteiger partial charge on any atom is -0.478 e. The van der Waals surface area contributed by atoms with Crippen LogP contribution in [0.1, 0.15) is 10.4 Å². The molecule has 0 aliphatic rings. The van der Waals surface area contributed by atoms with Crippen molar-refractivity contribution in [1.29, 1.82) is 0 Å². The number of carboxylic acid groups (broad SMARTS) is 1. The molecule has 20 heavy (non-hydrogen) atoms. The fraction of sp³-hybridized carbons (Fsp3) is 0.200. The third-order valence-corrected chi connectivity index (χ3v) is 3.71. The minimum atomic E-state index is -0.932. The van der Waals surface area contributed by atoms with E-state index < -0.39 is 5.97 Å². The first-order valence-corrected chi connectivity index (χ1v) is 7.43. The van der Waals surface area contributed by atoms with Gasteiger partial charge in [0.25, 0.3) is 0 Å². The van der Waals surface area contributed by atoms with Gasteiger partial charge in [0.05, 0.1) is 11.1 Å². The molecule has 4 nitrogen and oxygen atoms in total. The van der Waals surface area contributed by atoms with Gasteiger partial charge in [-0.3, -0.25) is 0 Å². The summed E-state index contributed by atoms with van der Waals surface area (Å²) in [6.07, 6.45) is 1.88. The topological polar surface area (TPSA) is 62.2 Å². The van der Waals surface area contributed by atoms with Gasteiger partial charge in [0.15, 0.2) is 0 Å². The molecule has 0 radical (unpaired) electrons. The number of rotatable bonds is 7. The van der Waals surface area contributed by atoms with Gasteiger partial charge in [-0.2, -0.15) is 11.8 Å². The first-order valence-electron chi connectivity index (χ1n) is 6.28. The van der Waals surface area contributed by atoms with Crippen LogP contribution in [-0.2, 0) is 0 Å². The van der Waals surface area contributed by atoms with Gasteiger partial charge in [-0.1, -0.05) is 12.1 Å². The predicted octanol–water partition coefficient (Wildman–Crippen LogP) is 3.26. The monoisotopic (exact) mass is 288 g/mol. The van der Waals surface area contributed by atoms with E-state index in [0.717, 1.165) is 23.9 Å². The summed E-state index contributed by atoms with van der Waals surface area (Å²) < 4.78 is 0. The molecule has 0 amide bonds. The van der Waals surface area contributed by atoms with Crippen LogP contribution in [0.25, 0.3) is 10.9 Å². The number of nitrogens with zero attached hydrogens (tertiary/aromatic N) is 1. The number of pyridine rings is 1. The maximum atomic E-state index is 11.1. The maximum absolute atomic E-state index is 11.1. The van der Waals surface area contributed by atoms with E-state index >= 15 is 0 Å². The fourth-order valence-corrected chi connectivity index (χ4v) is 2.44. The lowest BCUT2D eigenvalue weighted by Crippen LogP contribution is -2.06. The van der Waals surface area contributed by atoms with Crippen LogP contribution in [-0.4, -0.2) is 34.1 Å². The van der Waals surface area contributed by atoms with Gasteiger partial charge in [0.2, 0.25) is 0 Å². The number of nitrogens with one attached hydrogen (secondary N) is 1. The number of hydrogen-bond donors (Lipinski definition) is 2. The molecule has 0 atom stereocenters. The Morgan fingerprint density at radius 3 is 3.00 bits per heavy atom. The summed E-state index contributed by atoms with van der Waals surface area (Å²) >= 11 is 1.80. The molecule has 0 fully saturated rings. The van der Waals surface area contributed by atoms with E-state index in [-0.39, 0.29) is 5.56 Å². The second-order valence-electron chi connectivity index (χ2n) is 4.16. The number of hydrogen-bond acceptors (Lipinski definition) is 4. The number of fused-ring (bicyclic) bond motifs is 1. The molecule has 0 saturated carbocycles. The van der Waals surface area contributed by atoms with Gasteiger partial charge in [0, 0.05) is 23.4 Å². The van der Waals surface area contributed by atoms with Crippen LogP contribution in [0.5, 0.6) is 0 Å². The van der Waals surface area contributed by atoms with Crippen molar-refractivity contribution in [2.75, 3.05) is 23.4 Å². The molecule has 0 bridgehead atoms. The first kappa shape index (κ1) is 14.4. The zero-order chi connectivity index (χ0) is 14.4. The summed E-state index contributed by atoms with van der Waals surface area (Å²) in [6, 6.07) is 8.73. The average molecular weight is 288 g/mol. The van der Waals surface area contributed by atoms with Crippen LogP contribution in [0, 0.1) is 0 Å². The van der Waals surface area contributed by atoms with Gasteiger partial charge in [-0.05, 0) is 24.3 Å². The van der Waals surface area contributed by atoms with Crippen molar-refractivity contribution in [1.82, 2.24) is 4.98 Å². The zero-order valence-corrected chi connectivity index (χ0v) is 11.8. The molecule has 5 heteroatoms. The normalized spacial score (nSPS) is 10.4. The number of aromatic carboxylic acids is 1. The van der Waals surface area contributed by atoms with Crippen LogP contribution < -0.4 is 5.32 Å². The Morgan fingerprint density at radius 1 is 1.40 bits per heavy atom. The largest absolute Gasteiger partial charge is 0.478 e.